The number of sulfonamides is 1. The number of imide groups is 1. The third-order valence-corrected chi connectivity index (χ3v) is 6.81. The van der Waals surface area contributed by atoms with E-state index < -0.39 is 27.8 Å². The van der Waals surface area contributed by atoms with Gasteiger partial charge in [-0.2, -0.15) is 0 Å². The van der Waals surface area contributed by atoms with Gasteiger partial charge in [-0.3, -0.25) is 9.59 Å². The van der Waals surface area contributed by atoms with Gasteiger partial charge in [-0.15, -0.1) is 0 Å². The number of amides is 2. The molecule has 4 rings (SSSR count). The third-order valence-electron chi connectivity index (χ3n) is 5.12. The molecule has 0 saturated carbocycles. The van der Waals surface area contributed by atoms with Crippen LogP contribution in [0.2, 0.25) is 0 Å². The lowest BCUT2D eigenvalue weighted by Gasteiger charge is -2.15. The number of ether oxygens (including phenoxy) is 1. The van der Waals surface area contributed by atoms with Crippen molar-refractivity contribution in [3.05, 3.63) is 82.8 Å². The summed E-state index contributed by atoms with van der Waals surface area (Å²) < 4.78 is 32.5. The normalized spacial score (nSPS) is 13.6. The van der Waals surface area contributed by atoms with Crippen molar-refractivity contribution in [3.8, 4) is 0 Å². The minimum absolute atomic E-state index is 0.0652. The fraction of sp³-hybridized carbons (Fsp3) is 0.125. The van der Waals surface area contributed by atoms with Gasteiger partial charge in [-0.05, 0) is 68.4 Å². The Morgan fingerprint density at radius 1 is 1.03 bits per heavy atom. The third kappa shape index (κ3) is 5.44. The maximum absolute atomic E-state index is 13.0. The fourth-order valence-corrected chi connectivity index (χ4v) is 4.51. The molecule has 13 heteroatoms. The number of rotatable bonds is 8. The second-order valence-corrected chi connectivity index (χ2v) is 9.74. The Morgan fingerprint density at radius 3 is 2.32 bits per heavy atom. The number of halogens is 1. The molecular weight excluding hydrogens is 522 g/mol. The van der Waals surface area contributed by atoms with E-state index in [1.807, 2.05) is 0 Å². The molecule has 2 N–H and O–H groups in total. The molecule has 1 aliphatic rings. The number of esters is 1. The van der Waals surface area contributed by atoms with Crippen LogP contribution in [0.4, 0.5) is 17.3 Å². The van der Waals surface area contributed by atoms with Crippen LogP contribution in [0.25, 0.3) is 0 Å². The second-order valence-electron chi connectivity index (χ2n) is 7.68. The second kappa shape index (κ2) is 10.4. The molecule has 0 spiro atoms. The summed E-state index contributed by atoms with van der Waals surface area (Å²) >= 11 is 6.16. The molecule has 0 bridgehead atoms. The number of hydrogen-bond donors (Lipinski definition) is 2. The highest BCUT2D eigenvalue weighted by Crippen LogP contribution is 2.30. The van der Waals surface area contributed by atoms with Gasteiger partial charge in [-0.25, -0.2) is 32.8 Å². The van der Waals surface area contributed by atoms with Crippen molar-refractivity contribution < 1.29 is 27.5 Å². The van der Waals surface area contributed by atoms with Crippen LogP contribution in [-0.4, -0.2) is 42.8 Å². The predicted molar refractivity (Wildman–Crippen MR) is 135 cm³/mol. The summed E-state index contributed by atoms with van der Waals surface area (Å²) in [5, 5.41) is 2.44. The van der Waals surface area contributed by atoms with Gasteiger partial charge < -0.3 is 10.1 Å². The number of carbonyl (C=O) groups is 3. The first-order valence-corrected chi connectivity index (χ1v) is 12.7. The number of hydrogen-bond acceptors (Lipinski definition) is 9. The monoisotopic (exact) mass is 541 g/mol. The summed E-state index contributed by atoms with van der Waals surface area (Å²) in [5.41, 5.74) is 1.21. The number of aryl methyl sites for hydroxylation is 1. The molecule has 0 unspecified atom stereocenters. The minimum Gasteiger partial charge on any atom is -0.462 e. The Bertz CT molecular complexity index is 1520. The van der Waals surface area contributed by atoms with Gasteiger partial charge in [-0.1, -0.05) is 11.6 Å². The molecule has 11 nitrogen and oxygen atoms in total. The Balaban J connectivity index is 1.49. The van der Waals surface area contributed by atoms with Crippen molar-refractivity contribution in [2.75, 3.05) is 21.5 Å². The van der Waals surface area contributed by atoms with Crippen LogP contribution in [0, 0.1) is 6.92 Å². The SMILES string of the molecule is CCOC(=O)c1ccc(N2C(=O)C(Cl)=C(Nc3ccc(S(=O)(=O)Nc4nccc(C)n4)cc3)C2=O)cc1. The Morgan fingerprint density at radius 2 is 1.70 bits per heavy atom. The van der Waals surface area contributed by atoms with Crippen molar-refractivity contribution in [1.82, 2.24) is 9.97 Å². The lowest BCUT2D eigenvalue weighted by Crippen LogP contribution is -2.32. The van der Waals surface area contributed by atoms with Crippen LogP contribution in [0.3, 0.4) is 0 Å². The average molecular weight is 542 g/mol. The van der Waals surface area contributed by atoms with Crippen LogP contribution in [0.15, 0.2) is 76.4 Å². The van der Waals surface area contributed by atoms with Gasteiger partial charge in [0, 0.05) is 17.6 Å². The van der Waals surface area contributed by atoms with Crippen LogP contribution >= 0.6 is 11.6 Å². The van der Waals surface area contributed by atoms with Gasteiger partial charge in [0.1, 0.15) is 10.7 Å². The van der Waals surface area contributed by atoms with Gasteiger partial charge in [0.05, 0.1) is 22.8 Å². The molecule has 1 aromatic heterocycles. The largest absolute Gasteiger partial charge is 0.462 e. The smallest absolute Gasteiger partial charge is 0.338 e. The number of anilines is 3. The van der Waals surface area contributed by atoms with Crippen LogP contribution in [0.5, 0.6) is 0 Å². The number of benzene rings is 2. The van der Waals surface area contributed by atoms with E-state index in [1.54, 1.807) is 19.9 Å². The highest BCUT2D eigenvalue weighted by molar-refractivity contribution is 7.92. The lowest BCUT2D eigenvalue weighted by molar-refractivity contribution is -0.120. The summed E-state index contributed by atoms with van der Waals surface area (Å²) in [5.74, 6) is -2.06. The Hall–Kier alpha value is -4.29. The number of nitrogens with zero attached hydrogens (tertiary/aromatic N) is 3. The first kappa shape index (κ1) is 25.8. The molecule has 2 aromatic carbocycles. The van der Waals surface area contributed by atoms with Gasteiger partial charge in [0.15, 0.2) is 0 Å². The molecule has 0 atom stereocenters. The Kier molecular flexibility index (Phi) is 7.23. The van der Waals surface area contributed by atoms with Crippen molar-refractivity contribution in [1.29, 1.82) is 0 Å². The van der Waals surface area contributed by atoms with Crippen LogP contribution in [0.1, 0.15) is 23.0 Å². The highest BCUT2D eigenvalue weighted by Gasteiger charge is 2.39. The molecule has 0 radical (unpaired) electrons. The molecule has 37 heavy (non-hydrogen) atoms. The zero-order valence-corrected chi connectivity index (χ0v) is 21.1. The van der Waals surface area contributed by atoms with E-state index in [1.165, 1.54) is 54.7 Å². The molecule has 0 aliphatic carbocycles. The van der Waals surface area contributed by atoms with Gasteiger partial charge in [0.2, 0.25) is 5.95 Å². The molecule has 3 aromatic rings. The van der Waals surface area contributed by atoms with Gasteiger partial charge in [0.25, 0.3) is 21.8 Å². The molecule has 2 amide bonds. The van der Waals surface area contributed by atoms with Gasteiger partial charge >= 0.3 is 5.97 Å². The molecule has 0 saturated heterocycles. The number of nitrogens with one attached hydrogen (secondary N) is 2. The van der Waals surface area contributed by atoms with Crippen molar-refractivity contribution in [3.63, 3.8) is 0 Å². The van der Waals surface area contributed by atoms with E-state index in [9.17, 15) is 22.8 Å². The van der Waals surface area contributed by atoms with Crippen LogP contribution < -0.4 is 14.9 Å². The summed E-state index contributed by atoms with van der Waals surface area (Å²) in [6.45, 7) is 3.59. The van der Waals surface area contributed by atoms with E-state index >= 15 is 0 Å². The quantitative estimate of drug-likeness (QED) is 0.324. The van der Waals surface area contributed by atoms with E-state index in [0.717, 1.165) is 4.90 Å². The van der Waals surface area contributed by atoms with E-state index in [0.29, 0.717) is 11.4 Å². The van der Waals surface area contributed by atoms with E-state index in [4.69, 9.17) is 16.3 Å². The minimum atomic E-state index is -3.97. The fourth-order valence-electron chi connectivity index (χ4n) is 3.35. The zero-order chi connectivity index (χ0) is 26.7. The average Bonchev–Trinajstić information content (AvgIpc) is 3.07. The molecule has 0 fully saturated rings. The van der Waals surface area contributed by atoms with Crippen LogP contribution in [-0.2, 0) is 24.3 Å². The number of carbonyl (C=O) groups excluding carboxylic acids is 3. The van der Waals surface area contributed by atoms with E-state index in [-0.39, 0.29) is 39.4 Å². The summed E-state index contributed by atoms with van der Waals surface area (Å²) in [6.07, 6.45) is 1.43. The maximum Gasteiger partial charge on any atom is 0.338 e. The topological polar surface area (TPSA) is 148 Å². The Labute approximate surface area is 217 Å². The predicted octanol–water partition coefficient (Wildman–Crippen LogP) is 3.20. The maximum atomic E-state index is 13.0. The first-order valence-electron chi connectivity index (χ1n) is 10.9. The molecular formula is C24H20ClN5O6S. The molecule has 1 aliphatic heterocycles. The first-order chi connectivity index (χ1) is 17.6. The van der Waals surface area contributed by atoms with E-state index in [2.05, 4.69) is 20.0 Å². The van der Waals surface area contributed by atoms with Crippen molar-refractivity contribution in [2.45, 2.75) is 18.7 Å². The lowest BCUT2D eigenvalue weighted by atomic mass is 10.2. The van der Waals surface area contributed by atoms with Crippen molar-refractivity contribution >= 4 is 56.7 Å². The highest BCUT2D eigenvalue weighted by atomic mass is 35.5. The summed E-state index contributed by atoms with van der Waals surface area (Å²) in [4.78, 5) is 46.2. The number of aromatic nitrogens is 2. The summed E-state index contributed by atoms with van der Waals surface area (Å²) in [6, 6.07) is 12.8. The molecule has 190 valence electrons. The standard InChI is InChI=1S/C24H20ClN5O6S/c1-3-36-23(33)15-4-8-17(9-5-15)30-21(31)19(25)20(22(30)32)28-16-6-10-18(11-7-16)37(34,35)29-24-26-13-12-14(2)27-24/h4-13,28H,3H2,1-2H3,(H,26,27,29). The van der Waals surface area contributed by atoms with Crippen molar-refractivity contribution in [2.24, 2.45) is 0 Å². The molecule has 2 heterocycles. The zero-order valence-electron chi connectivity index (χ0n) is 19.6. The summed E-state index contributed by atoms with van der Waals surface area (Å²) in [7, 11) is -3.97.